The molecule has 15 heavy (non-hydrogen) atoms. The van der Waals surface area contributed by atoms with Crippen molar-refractivity contribution in [1.82, 2.24) is 15.3 Å². The zero-order valence-corrected chi connectivity index (χ0v) is 8.86. The van der Waals surface area contributed by atoms with Crippen LogP contribution in [-0.4, -0.2) is 29.0 Å². The fourth-order valence-electron chi connectivity index (χ4n) is 1.07. The summed E-state index contributed by atoms with van der Waals surface area (Å²) in [6.45, 7) is 3.11. The van der Waals surface area contributed by atoms with Gasteiger partial charge >= 0.3 is 0 Å². The zero-order valence-electron chi connectivity index (χ0n) is 8.86. The number of hydrogen-bond acceptors (Lipinski definition) is 4. The second kappa shape index (κ2) is 6.08. The number of nitrogens with one attached hydrogen (secondary N) is 1. The Hall–Kier alpha value is -1.49. The maximum atomic E-state index is 11.5. The summed E-state index contributed by atoms with van der Waals surface area (Å²) in [6.07, 6.45) is 4.86. The molecule has 0 bridgehead atoms. The van der Waals surface area contributed by atoms with Gasteiger partial charge in [-0.3, -0.25) is 9.78 Å². The van der Waals surface area contributed by atoms with Gasteiger partial charge in [0.1, 0.15) is 5.69 Å². The number of hydrogen-bond donors (Lipinski definition) is 2. The number of aromatic nitrogens is 2. The Morgan fingerprint density at radius 3 is 2.80 bits per heavy atom. The summed E-state index contributed by atoms with van der Waals surface area (Å²) in [5.74, 6) is -0.181. The van der Waals surface area contributed by atoms with Crippen LogP contribution in [0.3, 0.4) is 0 Å². The van der Waals surface area contributed by atoms with Gasteiger partial charge in [-0.05, 0) is 26.3 Å². The van der Waals surface area contributed by atoms with E-state index in [1.54, 1.807) is 6.20 Å². The van der Waals surface area contributed by atoms with Crippen molar-refractivity contribution in [2.24, 2.45) is 5.73 Å². The molecule has 0 aliphatic carbocycles. The van der Waals surface area contributed by atoms with Crippen molar-refractivity contribution in [2.45, 2.75) is 19.8 Å². The van der Waals surface area contributed by atoms with Crippen molar-refractivity contribution in [3.8, 4) is 0 Å². The molecule has 1 aromatic rings. The molecule has 1 aromatic heterocycles. The molecule has 82 valence electrons. The molecular weight excluding hydrogens is 192 g/mol. The topological polar surface area (TPSA) is 80.9 Å². The van der Waals surface area contributed by atoms with E-state index in [-0.39, 0.29) is 5.91 Å². The van der Waals surface area contributed by atoms with E-state index in [2.05, 4.69) is 15.3 Å². The average Bonchev–Trinajstić information content (AvgIpc) is 2.25. The van der Waals surface area contributed by atoms with Gasteiger partial charge in [-0.2, -0.15) is 0 Å². The molecule has 0 unspecified atom stereocenters. The molecule has 0 atom stereocenters. The maximum Gasteiger partial charge on any atom is 0.271 e. The summed E-state index contributed by atoms with van der Waals surface area (Å²) < 4.78 is 0. The normalized spacial score (nSPS) is 10.0. The number of rotatable bonds is 5. The molecule has 5 heteroatoms. The summed E-state index contributed by atoms with van der Waals surface area (Å²) in [6, 6.07) is 0. The molecule has 1 heterocycles. The van der Waals surface area contributed by atoms with Crippen LogP contribution in [0, 0.1) is 6.92 Å². The number of carbonyl (C=O) groups excluding carboxylic acids is 1. The molecule has 0 aliphatic heterocycles. The highest BCUT2D eigenvalue weighted by molar-refractivity contribution is 5.91. The van der Waals surface area contributed by atoms with Crippen LogP contribution in [0.5, 0.6) is 0 Å². The van der Waals surface area contributed by atoms with E-state index < -0.39 is 0 Å². The third-order valence-corrected chi connectivity index (χ3v) is 1.93. The Morgan fingerprint density at radius 2 is 2.20 bits per heavy atom. The molecule has 1 amide bonds. The smallest absolute Gasteiger partial charge is 0.271 e. The van der Waals surface area contributed by atoms with Crippen molar-refractivity contribution in [1.29, 1.82) is 0 Å². The largest absolute Gasteiger partial charge is 0.351 e. The van der Waals surface area contributed by atoms with Crippen LogP contribution in [0.1, 0.15) is 29.0 Å². The highest BCUT2D eigenvalue weighted by Crippen LogP contribution is 1.94. The first-order valence-corrected chi connectivity index (χ1v) is 5.01. The van der Waals surface area contributed by atoms with Gasteiger partial charge in [0, 0.05) is 12.7 Å². The second-order valence-electron chi connectivity index (χ2n) is 3.29. The van der Waals surface area contributed by atoms with E-state index in [0.717, 1.165) is 18.5 Å². The van der Waals surface area contributed by atoms with Crippen LogP contribution in [0.15, 0.2) is 12.4 Å². The van der Waals surface area contributed by atoms with E-state index >= 15 is 0 Å². The van der Waals surface area contributed by atoms with Crippen molar-refractivity contribution < 1.29 is 4.79 Å². The molecule has 0 aromatic carbocycles. The minimum absolute atomic E-state index is 0.181. The van der Waals surface area contributed by atoms with E-state index in [1.807, 2.05) is 6.92 Å². The number of nitrogens with two attached hydrogens (primary N) is 1. The van der Waals surface area contributed by atoms with Crippen LogP contribution in [0.2, 0.25) is 0 Å². The zero-order chi connectivity index (χ0) is 11.1. The predicted molar refractivity (Wildman–Crippen MR) is 57.4 cm³/mol. The van der Waals surface area contributed by atoms with Crippen LogP contribution in [0.4, 0.5) is 0 Å². The Morgan fingerprint density at radius 1 is 1.40 bits per heavy atom. The van der Waals surface area contributed by atoms with Gasteiger partial charge in [0.05, 0.1) is 11.9 Å². The quantitative estimate of drug-likeness (QED) is 0.680. The molecule has 0 saturated heterocycles. The van der Waals surface area contributed by atoms with Gasteiger partial charge < -0.3 is 11.1 Å². The van der Waals surface area contributed by atoms with E-state index in [4.69, 9.17) is 5.73 Å². The maximum absolute atomic E-state index is 11.5. The Balaban J connectivity index is 2.37. The first-order valence-electron chi connectivity index (χ1n) is 5.01. The molecule has 1 rings (SSSR count). The van der Waals surface area contributed by atoms with E-state index in [1.165, 1.54) is 6.20 Å². The average molecular weight is 208 g/mol. The minimum atomic E-state index is -0.181. The minimum Gasteiger partial charge on any atom is -0.351 e. The third-order valence-electron chi connectivity index (χ3n) is 1.93. The van der Waals surface area contributed by atoms with Crippen LogP contribution in [-0.2, 0) is 0 Å². The SMILES string of the molecule is Cc1cnc(C(=O)NCCCCN)cn1. The van der Waals surface area contributed by atoms with E-state index in [0.29, 0.717) is 18.8 Å². The molecule has 0 fully saturated rings. The predicted octanol–water partition coefficient (Wildman–Crippen LogP) is 0.254. The lowest BCUT2D eigenvalue weighted by Crippen LogP contribution is -2.25. The second-order valence-corrected chi connectivity index (χ2v) is 3.29. The fraction of sp³-hybridized carbons (Fsp3) is 0.500. The molecule has 0 radical (unpaired) electrons. The summed E-state index contributed by atoms with van der Waals surface area (Å²) in [4.78, 5) is 19.5. The summed E-state index contributed by atoms with van der Waals surface area (Å²) in [5, 5.41) is 2.76. The van der Waals surface area contributed by atoms with Gasteiger partial charge in [0.15, 0.2) is 0 Å². The lowest BCUT2D eigenvalue weighted by atomic mass is 10.3. The standard InChI is InChI=1S/C10H16N4O/c1-8-6-14-9(7-13-8)10(15)12-5-3-2-4-11/h6-7H,2-5,11H2,1H3,(H,12,15). The Kier molecular flexibility index (Phi) is 4.70. The molecule has 3 N–H and O–H groups in total. The number of carbonyl (C=O) groups is 1. The molecular formula is C10H16N4O. The van der Waals surface area contributed by atoms with Crippen molar-refractivity contribution in [3.05, 3.63) is 23.8 Å². The van der Waals surface area contributed by atoms with E-state index in [9.17, 15) is 4.79 Å². The van der Waals surface area contributed by atoms with Crippen molar-refractivity contribution in [3.63, 3.8) is 0 Å². The molecule has 0 saturated carbocycles. The Labute approximate surface area is 89.1 Å². The van der Waals surface area contributed by atoms with Gasteiger partial charge in [0.2, 0.25) is 0 Å². The van der Waals surface area contributed by atoms with Gasteiger partial charge in [-0.15, -0.1) is 0 Å². The summed E-state index contributed by atoms with van der Waals surface area (Å²) in [5.41, 5.74) is 6.49. The van der Waals surface area contributed by atoms with Crippen molar-refractivity contribution in [2.75, 3.05) is 13.1 Å². The molecule has 0 aliphatic rings. The number of unbranched alkanes of at least 4 members (excludes halogenated alkanes) is 1. The lowest BCUT2D eigenvalue weighted by Gasteiger charge is -2.03. The van der Waals surface area contributed by atoms with Gasteiger partial charge in [0.25, 0.3) is 5.91 Å². The van der Waals surface area contributed by atoms with Gasteiger partial charge in [-0.1, -0.05) is 0 Å². The van der Waals surface area contributed by atoms with Crippen LogP contribution >= 0.6 is 0 Å². The summed E-state index contributed by atoms with van der Waals surface area (Å²) in [7, 11) is 0. The number of amides is 1. The van der Waals surface area contributed by atoms with Crippen molar-refractivity contribution >= 4 is 5.91 Å². The Bertz CT molecular complexity index is 310. The first-order chi connectivity index (χ1) is 7.24. The third kappa shape index (κ3) is 4.03. The van der Waals surface area contributed by atoms with Crippen LogP contribution in [0.25, 0.3) is 0 Å². The van der Waals surface area contributed by atoms with Crippen LogP contribution < -0.4 is 11.1 Å². The fourth-order valence-corrected chi connectivity index (χ4v) is 1.07. The lowest BCUT2D eigenvalue weighted by molar-refractivity contribution is 0.0947. The first kappa shape index (κ1) is 11.6. The highest BCUT2D eigenvalue weighted by Gasteiger charge is 2.05. The van der Waals surface area contributed by atoms with Gasteiger partial charge in [-0.25, -0.2) is 4.98 Å². The number of nitrogens with zero attached hydrogens (tertiary/aromatic N) is 2. The molecule has 5 nitrogen and oxygen atoms in total. The number of aryl methyl sites for hydroxylation is 1. The summed E-state index contributed by atoms with van der Waals surface area (Å²) >= 11 is 0. The molecule has 0 spiro atoms. The monoisotopic (exact) mass is 208 g/mol. The highest BCUT2D eigenvalue weighted by atomic mass is 16.1.